The molecule has 24 heavy (non-hydrogen) atoms. The highest BCUT2D eigenvalue weighted by Crippen LogP contribution is 2.23. The Morgan fingerprint density at radius 2 is 2.12 bits per heavy atom. The number of thiophene rings is 1. The van der Waals surface area contributed by atoms with E-state index in [1.165, 1.54) is 5.56 Å². The number of urea groups is 1. The molecule has 1 aliphatic heterocycles. The molecule has 0 spiro atoms. The topological polar surface area (TPSA) is 61.4 Å². The van der Waals surface area contributed by atoms with Gasteiger partial charge >= 0.3 is 6.03 Å². The number of rotatable bonds is 4. The maximum atomic E-state index is 12.3. The van der Waals surface area contributed by atoms with Gasteiger partial charge in [-0.25, -0.2) is 14.8 Å². The van der Waals surface area contributed by atoms with Gasteiger partial charge in [0.05, 0.1) is 12.2 Å². The second-order valence-electron chi connectivity index (χ2n) is 6.01. The summed E-state index contributed by atoms with van der Waals surface area (Å²) < 4.78 is 0. The van der Waals surface area contributed by atoms with E-state index in [4.69, 9.17) is 0 Å². The van der Waals surface area contributed by atoms with Gasteiger partial charge in [-0.1, -0.05) is 0 Å². The number of piperazine rings is 1. The third kappa shape index (κ3) is 4.10. The number of hydrogen-bond donors (Lipinski definition) is 1. The zero-order valence-electron chi connectivity index (χ0n) is 14.1. The van der Waals surface area contributed by atoms with E-state index in [-0.39, 0.29) is 6.03 Å². The van der Waals surface area contributed by atoms with Crippen LogP contribution in [0.1, 0.15) is 30.0 Å². The minimum atomic E-state index is -0.0194. The zero-order valence-corrected chi connectivity index (χ0v) is 14.9. The Morgan fingerprint density at radius 1 is 1.33 bits per heavy atom. The average molecular weight is 345 g/mol. The molecule has 1 N–H and O–H groups in total. The molecule has 0 aliphatic carbocycles. The Balaban J connectivity index is 1.46. The molecule has 0 aromatic carbocycles. The lowest BCUT2D eigenvalue weighted by Gasteiger charge is -2.37. The van der Waals surface area contributed by atoms with Gasteiger partial charge in [0.25, 0.3) is 0 Å². The summed E-state index contributed by atoms with van der Waals surface area (Å²) >= 11 is 1.73. The first-order chi connectivity index (χ1) is 11.6. The summed E-state index contributed by atoms with van der Waals surface area (Å²) in [7, 11) is 0. The number of aryl methyl sites for hydroxylation is 1. The number of nitrogens with zero attached hydrogens (tertiary/aromatic N) is 4. The first-order valence-electron chi connectivity index (χ1n) is 8.21. The van der Waals surface area contributed by atoms with Crippen molar-refractivity contribution in [3.63, 3.8) is 0 Å². The van der Waals surface area contributed by atoms with Gasteiger partial charge in [0.1, 0.15) is 5.82 Å². The summed E-state index contributed by atoms with van der Waals surface area (Å²) in [5, 5.41) is 7.26. The second-order valence-corrected chi connectivity index (χ2v) is 6.79. The van der Waals surface area contributed by atoms with E-state index in [1.54, 1.807) is 17.5 Å². The fourth-order valence-electron chi connectivity index (χ4n) is 2.92. The summed E-state index contributed by atoms with van der Waals surface area (Å²) in [6.07, 6.45) is 1.72. The van der Waals surface area contributed by atoms with Crippen LogP contribution in [0.3, 0.4) is 0 Å². The standard InChI is InChI=1S/C17H23N5OS/c1-13(15-4-10-24-12-15)21-6-8-22(9-7-21)17(23)19-11-16-3-5-18-14(2)20-16/h3-5,10,12-13H,6-9,11H2,1-2H3,(H,19,23)/t13-/m0/s1. The molecule has 1 aliphatic rings. The van der Waals surface area contributed by atoms with Crippen LogP contribution in [0.4, 0.5) is 4.79 Å². The molecule has 1 atom stereocenters. The van der Waals surface area contributed by atoms with Crippen molar-refractivity contribution in [1.29, 1.82) is 0 Å². The van der Waals surface area contributed by atoms with E-state index in [1.807, 2.05) is 17.9 Å². The van der Waals surface area contributed by atoms with Crippen LogP contribution in [0.15, 0.2) is 29.1 Å². The fourth-order valence-corrected chi connectivity index (χ4v) is 3.66. The van der Waals surface area contributed by atoms with Crippen LogP contribution in [0, 0.1) is 6.92 Å². The molecular formula is C17H23N5OS. The van der Waals surface area contributed by atoms with Crippen molar-refractivity contribution in [2.75, 3.05) is 26.2 Å². The highest BCUT2D eigenvalue weighted by atomic mass is 32.1. The molecule has 0 saturated carbocycles. The van der Waals surface area contributed by atoms with Crippen LogP contribution < -0.4 is 5.32 Å². The molecule has 2 amide bonds. The van der Waals surface area contributed by atoms with E-state index >= 15 is 0 Å². The number of carbonyl (C=O) groups excluding carboxylic acids is 1. The normalized spacial score (nSPS) is 16.8. The van der Waals surface area contributed by atoms with Crippen LogP contribution in [0.5, 0.6) is 0 Å². The first-order valence-corrected chi connectivity index (χ1v) is 9.15. The molecule has 3 heterocycles. The highest BCUT2D eigenvalue weighted by Gasteiger charge is 2.24. The predicted molar refractivity (Wildman–Crippen MR) is 94.9 cm³/mol. The van der Waals surface area contributed by atoms with Gasteiger partial charge in [0, 0.05) is 38.4 Å². The predicted octanol–water partition coefficient (Wildman–Crippen LogP) is 2.43. The van der Waals surface area contributed by atoms with Gasteiger partial charge in [0.15, 0.2) is 0 Å². The number of amides is 2. The summed E-state index contributed by atoms with van der Waals surface area (Å²) in [5.74, 6) is 0.720. The molecule has 2 aromatic heterocycles. The van der Waals surface area contributed by atoms with Crippen LogP contribution in [0.25, 0.3) is 0 Å². The minimum Gasteiger partial charge on any atom is -0.332 e. The number of hydrogen-bond acceptors (Lipinski definition) is 5. The van der Waals surface area contributed by atoms with Gasteiger partial charge < -0.3 is 10.2 Å². The van der Waals surface area contributed by atoms with E-state index < -0.39 is 0 Å². The average Bonchev–Trinajstić information content (AvgIpc) is 3.14. The van der Waals surface area contributed by atoms with E-state index in [0.717, 1.165) is 37.7 Å². The highest BCUT2D eigenvalue weighted by molar-refractivity contribution is 7.07. The van der Waals surface area contributed by atoms with Crippen molar-refractivity contribution < 1.29 is 4.79 Å². The van der Waals surface area contributed by atoms with Crippen LogP contribution >= 0.6 is 11.3 Å². The van der Waals surface area contributed by atoms with Crippen LogP contribution in [-0.4, -0.2) is 52.0 Å². The molecule has 2 aromatic rings. The Bertz CT molecular complexity index is 667. The summed E-state index contributed by atoms with van der Waals surface area (Å²) in [5.41, 5.74) is 2.19. The summed E-state index contributed by atoms with van der Waals surface area (Å²) in [6, 6.07) is 4.39. The molecule has 0 bridgehead atoms. The lowest BCUT2D eigenvalue weighted by Crippen LogP contribution is -2.52. The first kappa shape index (κ1) is 16.9. The third-order valence-corrected chi connectivity index (χ3v) is 5.13. The van der Waals surface area contributed by atoms with E-state index in [0.29, 0.717) is 12.6 Å². The molecule has 3 rings (SSSR count). The van der Waals surface area contributed by atoms with Gasteiger partial charge in [0.2, 0.25) is 0 Å². The lowest BCUT2D eigenvalue weighted by atomic mass is 10.1. The van der Waals surface area contributed by atoms with E-state index in [2.05, 4.69) is 43.9 Å². The maximum absolute atomic E-state index is 12.3. The molecule has 128 valence electrons. The zero-order chi connectivity index (χ0) is 16.9. The smallest absolute Gasteiger partial charge is 0.317 e. The quantitative estimate of drug-likeness (QED) is 0.924. The van der Waals surface area contributed by atoms with Gasteiger partial charge in [-0.2, -0.15) is 11.3 Å². The van der Waals surface area contributed by atoms with Crippen molar-refractivity contribution in [3.05, 3.63) is 46.2 Å². The van der Waals surface area contributed by atoms with Crippen LogP contribution in [-0.2, 0) is 6.54 Å². The van der Waals surface area contributed by atoms with Crippen molar-refractivity contribution in [2.24, 2.45) is 0 Å². The molecule has 0 unspecified atom stereocenters. The lowest BCUT2D eigenvalue weighted by molar-refractivity contribution is 0.114. The SMILES string of the molecule is Cc1nccc(CNC(=O)N2CCN([C@@H](C)c3ccsc3)CC2)n1. The fraction of sp³-hybridized carbons (Fsp3) is 0.471. The van der Waals surface area contributed by atoms with Crippen molar-refractivity contribution >= 4 is 17.4 Å². The van der Waals surface area contributed by atoms with E-state index in [9.17, 15) is 4.79 Å². The van der Waals surface area contributed by atoms with Gasteiger partial charge in [-0.15, -0.1) is 0 Å². The summed E-state index contributed by atoms with van der Waals surface area (Å²) in [4.78, 5) is 25.0. The molecule has 0 radical (unpaired) electrons. The van der Waals surface area contributed by atoms with Gasteiger partial charge in [-0.05, 0) is 42.3 Å². The van der Waals surface area contributed by atoms with Crippen molar-refractivity contribution in [1.82, 2.24) is 25.1 Å². The molecule has 7 heteroatoms. The van der Waals surface area contributed by atoms with Crippen molar-refractivity contribution in [3.8, 4) is 0 Å². The minimum absolute atomic E-state index is 0.0194. The largest absolute Gasteiger partial charge is 0.332 e. The number of carbonyl (C=O) groups is 1. The Labute approximate surface area is 146 Å². The van der Waals surface area contributed by atoms with Crippen LogP contribution in [0.2, 0.25) is 0 Å². The monoisotopic (exact) mass is 345 g/mol. The number of nitrogens with one attached hydrogen (secondary N) is 1. The third-order valence-electron chi connectivity index (χ3n) is 4.43. The molecule has 1 fully saturated rings. The number of aromatic nitrogens is 2. The Kier molecular flexibility index (Phi) is 5.42. The second kappa shape index (κ2) is 7.72. The molecule has 1 saturated heterocycles. The van der Waals surface area contributed by atoms with Gasteiger partial charge in [-0.3, -0.25) is 4.90 Å². The molecule has 6 nitrogen and oxygen atoms in total. The van der Waals surface area contributed by atoms with Crippen molar-refractivity contribution in [2.45, 2.75) is 26.4 Å². The molecular weight excluding hydrogens is 322 g/mol. The Hall–Kier alpha value is -1.99. The maximum Gasteiger partial charge on any atom is 0.317 e. The Morgan fingerprint density at radius 3 is 2.79 bits per heavy atom. The summed E-state index contributed by atoms with van der Waals surface area (Å²) in [6.45, 7) is 7.82.